The first kappa shape index (κ1) is 43.3. The van der Waals surface area contributed by atoms with Crippen molar-refractivity contribution in [3.8, 4) is 0 Å². The van der Waals surface area contributed by atoms with E-state index in [1.54, 1.807) is 92.6 Å². The maximum Gasteiger partial charge on any atom is 0.408 e. The van der Waals surface area contributed by atoms with Gasteiger partial charge in [-0.05, 0) is 87.1 Å². The zero-order valence-corrected chi connectivity index (χ0v) is 30.5. The number of hydrogen-bond donors (Lipinski definition) is 4. The molecule has 0 aliphatic carbocycles. The number of ether oxygens (including phenoxy) is 4. The molecule has 15 nitrogen and oxygen atoms in total. The van der Waals surface area contributed by atoms with Crippen molar-refractivity contribution in [1.29, 1.82) is 0 Å². The van der Waals surface area contributed by atoms with Crippen LogP contribution in [0, 0.1) is 0 Å². The predicted molar refractivity (Wildman–Crippen MR) is 180 cm³/mol. The number of aliphatic carboxylic acids is 1. The summed E-state index contributed by atoms with van der Waals surface area (Å²) in [5.74, 6) is -5.36. The monoisotopic (exact) mass is 707 g/mol. The van der Waals surface area contributed by atoms with E-state index >= 15 is 0 Å². The number of carboxylic acids is 1. The average Bonchev–Trinajstić information content (AvgIpc) is 2.95. The summed E-state index contributed by atoms with van der Waals surface area (Å²) in [5, 5.41) is 16.9. The summed E-state index contributed by atoms with van der Waals surface area (Å²) < 4.78 is 21.1. The third-order valence-corrected chi connectivity index (χ3v) is 6.24. The van der Waals surface area contributed by atoms with Gasteiger partial charge in [0.15, 0.2) is 0 Å². The van der Waals surface area contributed by atoms with Crippen LogP contribution in [0.25, 0.3) is 0 Å². The number of nitrogens with one attached hydrogen (secondary N) is 3. The Kier molecular flexibility index (Phi) is 16.9. The molecule has 4 N–H and O–H groups in total. The highest BCUT2D eigenvalue weighted by Gasteiger charge is 2.32. The minimum atomic E-state index is -1.55. The van der Waals surface area contributed by atoms with Gasteiger partial charge in [0.25, 0.3) is 0 Å². The lowest BCUT2D eigenvalue weighted by molar-refractivity contribution is -0.157. The van der Waals surface area contributed by atoms with Crippen molar-refractivity contribution in [2.45, 2.75) is 142 Å². The fourth-order valence-electron chi connectivity index (χ4n) is 4.21. The minimum absolute atomic E-state index is 0.117. The smallest absolute Gasteiger partial charge is 0.408 e. The molecular formula is C35H53N3O12. The van der Waals surface area contributed by atoms with E-state index in [0.29, 0.717) is 5.56 Å². The first-order chi connectivity index (χ1) is 22.9. The van der Waals surface area contributed by atoms with Gasteiger partial charge in [-0.15, -0.1) is 0 Å². The highest BCUT2D eigenvalue weighted by molar-refractivity contribution is 5.93. The summed E-state index contributed by atoms with van der Waals surface area (Å²) in [7, 11) is 0. The van der Waals surface area contributed by atoms with E-state index in [9.17, 15) is 38.7 Å². The molecule has 280 valence electrons. The third-order valence-electron chi connectivity index (χ3n) is 6.24. The van der Waals surface area contributed by atoms with E-state index in [0.717, 1.165) is 0 Å². The van der Waals surface area contributed by atoms with Crippen LogP contribution in [0.5, 0.6) is 0 Å². The molecule has 0 spiro atoms. The Balaban J connectivity index is 3.22. The van der Waals surface area contributed by atoms with E-state index in [1.165, 1.54) is 0 Å². The van der Waals surface area contributed by atoms with E-state index in [-0.39, 0.29) is 45.1 Å². The number of hydrogen-bond acceptors (Lipinski definition) is 11. The first-order valence-electron chi connectivity index (χ1n) is 16.4. The normalized spacial score (nSPS) is 13.5. The van der Waals surface area contributed by atoms with Crippen molar-refractivity contribution in [1.82, 2.24) is 16.0 Å². The lowest BCUT2D eigenvalue weighted by Gasteiger charge is -2.25. The van der Waals surface area contributed by atoms with Gasteiger partial charge in [0.1, 0.15) is 41.5 Å². The van der Waals surface area contributed by atoms with Crippen LogP contribution in [0.3, 0.4) is 0 Å². The molecule has 3 amide bonds. The van der Waals surface area contributed by atoms with Crippen LogP contribution in [0.2, 0.25) is 0 Å². The molecule has 0 saturated carbocycles. The second-order valence-electron chi connectivity index (χ2n) is 14.6. The lowest BCUT2D eigenvalue weighted by atomic mass is 10.1. The summed E-state index contributed by atoms with van der Waals surface area (Å²) in [4.78, 5) is 89.0. The fraction of sp³-hybridized carbons (Fsp3) is 0.629. The summed E-state index contributed by atoms with van der Waals surface area (Å²) in [6, 6.07) is 4.29. The van der Waals surface area contributed by atoms with Crippen LogP contribution in [0.15, 0.2) is 30.3 Å². The fourth-order valence-corrected chi connectivity index (χ4v) is 4.21. The largest absolute Gasteiger partial charge is 0.480 e. The molecule has 3 atom stereocenters. The topological polar surface area (TPSA) is 213 Å². The molecule has 1 aromatic carbocycles. The first-order valence-corrected chi connectivity index (χ1v) is 16.4. The number of amides is 3. The van der Waals surface area contributed by atoms with Crippen LogP contribution in [0.4, 0.5) is 4.79 Å². The Hall–Kier alpha value is -4.69. The molecule has 15 heteroatoms. The Morgan fingerprint density at radius 1 is 0.580 bits per heavy atom. The van der Waals surface area contributed by atoms with Crippen LogP contribution < -0.4 is 16.0 Å². The van der Waals surface area contributed by atoms with Gasteiger partial charge >= 0.3 is 30.0 Å². The van der Waals surface area contributed by atoms with E-state index in [2.05, 4.69) is 16.0 Å². The maximum absolute atomic E-state index is 13.6. The van der Waals surface area contributed by atoms with Gasteiger partial charge in [-0.1, -0.05) is 30.3 Å². The highest BCUT2D eigenvalue weighted by atomic mass is 16.6. The number of rotatable bonds is 17. The Labute approximate surface area is 293 Å². The molecule has 0 aliphatic rings. The molecule has 0 bridgehead atoms. The van der Waals surface area contributed by atoms with E-state index in [1.807, 2.05) is 0 Å². The Bertz CT molecular complexity index is 1330. The highest BCUT2D eigenvalue weighted by Crippen LogP contribution is 2.14. The number of carbonyl (C=O) groups excluding carboxylic acids is 6. The third kappa shape index (κ3) is 20.0. The number of carbonyl (C=O) groups is 7. The number of carboxylic acid groups (broad SMARTS) is 1. The molecule has 1 aromatic rings. The summed E-state index contributed by atoms with van der Waals surface area (Å²) in [5.41, 5.74) is -1.79. The average molecular weight is 708 g/mol. The van der Waals surface area contributed by atoms with Crippen LogP contribution >= 0.6 is 0 Å². The summed E-state index contributed by atoms with van der Waals surface area (Å²) in [6.45, 7) is 14.8. The molecule has 0 fully saturated rings. The van der Waals surface area contributed by atoms with Crippen molar-refractivity contribution in [3.63, 3.8) is 0 Å². The molecule has 50 heavy (non-hydrogen) atoms. The SMILES string of the molecule is CC(C)(C)OC(=O)CC[C@H](NC(=O)[C@H](CCC(=O)OC(C)(C)C)NC(=O)[C@H](CCC(=O)OC(C)(C)C)NC(=O)OCc1ccccc1)C(=O)O. The van der Waals surface area contributed by atoms with E-state index < -0.39 is 76.7 Å². The lowest BCUT2D eigenvalue weighted by Crippen LogP contribution is -2.56. The summed E-state index contributed by atoms with van der Waals surface area (Å²) in [6.07, 6.45) is -2.85. The molecule has 0 heterocycles. The maximum atomic E-state index is 13.6. The van der Waals surface area contributed by atoms with Gasteiger partial charge in [-0.2, -0.15) is 0 Å². The van der Waals surface area contributed by atoms with Crippen molar-refractivity contribution in [2.24, 2.45) is 0 Å². The second kappa shape index (κ2) is 19.5. The molecule has 0 aromatic heterocycles. The van der Waals surface area contributed by atoms with Crippen molar-refractivity contribution < 1.29 is 57.6 Å². The summed E-state index contributed by atoms with van der Waals surface area (Å²) >= 11 is 0. The minimum Gasteiger partial charge on any atom is -0.480 e. The molecule has 0 radical (unpaired) electrons. The Morgan fingerprint density at radius 2 is 0.940 bits per heavy atom. The van der Waals surface area contributed by atoms with Crippen LogP contribution in [0.1, 0.15) is 106 Å². The molecule has 1 rings (SSSR count). The zero-order valence-electron chi connectivity index (χ0n) is 30.5. The molecule has 0 aliphatic heterocycles. The molecule has 0 saturated heterocycles. The van der Waals surface area contributed by atoms with Gasteiger partial charge in [-0.25, -0.2) is 9.59 Å². The van der Waals surface area contributed by atoms with Gasteiger partial charge in [0, 0.05) is 19.3 Å². The standard InChI is InChI=1S/C35H53N3O12/c1-33(2,3)48-26(39)18-15-23(29(42)37-25(31(44)45)17-20-28(41)50-35(7,8)9)36-30(43)24(16-19-27(40)49-34(4,5)6)38-32(46)47-21-22-13-11-10-12-14-22/h10-14,23-25H,15-21H2,1-9H3,(H,36,43)(H,37,42)(H,38,46)(H,44,45)/t23-,24-,25-/m0/s1. The zero-order chi connectivity index (χ0) is 38.3. The molecular weight excluding hydrogens is 654 g/mol. The molecule has 0 unspecified atom stereocenters. The van der Waals surface area contributed by atoms with Gasteiger partial charge in [-0.3, -0.25) is 24.0 Å². The van der Waals surface area contributed by atoms with Gasteiger partial charge in [0.05, 0.1) is 0 Å². The number of benzene rings is 1. The quantitative estimate of drug-likeness (QED) is 0.135. The van der Waals surface area contributed by atoms with Gasteiger partial charge in [0.2, 0.25) is 11.8 Å². The predicted octanol–water partition coefficient (Wildman–Crippen LogP) is 3.70. The van der Waals surface area contributed by atoms with E-state index in [4.69, 9.17) is 18.9 Å². The van der Waals surface area contributed by atoms with Crippen LogP contribution in [-0.2, 0) is 54.3 Å². The van der Waals surface area contributed by atoms with Crippen molar-refractivity contribution >= 4 is 41.8 Å². The number of esters is 3. The Morgan fingerprint density at radius 3 is 1.32 bits per heavy atom. The van der Waals surface area contributed by atoms with Gasteiger partial charge < -0.3 is 40.0 Å². The number of alkyl carbamates (subject to hydrolysis) is 1. The second-order valence-corrected chi connectivity index (χ2v) is 14.6. The van der Waals surface area contributed by atoms with Crippen molar-refractivity contribution in [3.05, 3.63) is 35.9 Å². The van der Waals surface area contributed by atoms with Crippen LogP contribution in [-0.4, -0.2) is 81.8 Å². The van der Waals surface area contributed by atoms with Crippen molar-refractivity contribution in [2.75, 3.05) is 0 Å².